The van der Waals surface area contributed by atoms with E-state index in [1.807, 2.05) is 0 Å². The van der Waals surface area contributed by atoms with Crippen molar-refractivity contribution in [1.29, 1.82) is 0 Å². The number of phenols is 2. The third kappa shape index (κ3) is 2.62. The van der Waals surface area contributed by atoms with Gasteiger partial charge in [-0.15, -0.1) is 0 Å². The maximum absolute atomic E-state index is 10.7. The van der Waals surface area contributed by atoms with Crippen molar-refractivity contribution < 1.29 is 20.1 Å². The molecule has 4 heteroatoms. The third-order valence-electron chi connectivity index (χ3n) is 2.38. The molecule has 15 heavy (non-hydrogen) atoms. The van der Waals surface area contributed by atoms with Gasteiger partial charge in [0.05, 0.1) is 5.92 Å². The molecule has 0 amide bonds. The summed E-state index contributed by atoms with van der Waals surface area (Å²) in [6.07, 6.45) is 0.342. The first kappa shape index (κ1) is 11.4. The second-order valence-corrected chi connectivity index (χ2v) is 3.71. The fourth-order valence-corrected chi connectivity index (χ4v) is 1.36. The molecule has 0 heterocycles. The Bertz CT molecular complexity index is 384. The molecule has 0 radical (unpaired) electrons. The molecule has 0 aliphatic rings. The zero-order chi connectivity index (χ0) is 11.6. The van der Waals surface area contributed by atoms with Crippen molar-refractivity contribution in [3.63, 3.8) is 0 Å². The molecule has 0 aliphatic carbocycles. The molecule has 1 rings (SSSR count). The first-order valence-corrected chi connectivity index (χ1v) is 4.66. The molecule has 0 saturated carbocycles. The largest absolute Gasteiger partial charge is 0.504 e. The molecular weight excluding hydrogens is 196 g/mol. The van der Waals surface area contributed by atoms with Gasteiger partial charge in [0.25, 0.3) is 0 Å². The second-order valence-electron chi connectivity index (χ2n) is 3.71. The maximum Gasteiger partial charge on any atom is 0.306 e. The van der Waals surface area contributed by atoms with Crippen LogP contribution in [0.3, 0.4) is 0 Å². The molecule has 1 atom stereocenters. The molecule has 3 N–H and O–H groups in total. The summed E-state index contributed by atoms with van der Waals surface area (Å²) in [6.45, 7) is 3.37. The first-order valence-electron chi connectivity index (χ1n) is 4.66. The van der Waals surface area contributed by atoms with E-state index in [9.17, 15) is 15.0 Å². The van der Waals surface area contributed by atoms with Crippen molar-refractivity contribution in [1.82, 2.24) is 0 Å². The highest BCUT2D eigenvalue weighted by Crippen LogP contribution is 2.29. The molecule has 0 bridgehead atoms. The van der Waals surface area contributed by atoms with E-state index in [1.165, 1.54) is 12.1 Å². The summed E-state index contributed by atoms with van der Waals surface area (Å²) >= 11 is 0. The Hall–Kier alpha value is -1.71. The van der Waals surface area contributed by atoms with Gasteiger partial charge < -0.3 is 15.3 Å². The lowest BCUT2D eigenvalue weighted by atomic mass is 9.97. The van der Waals surface area contributed by atoms with Crippen LogP contribution in [0.1, 0.15) is 18.1 Å². The topological polar surface area (TPSA) is 77.8 Å². The van der Waals surface area contributed by atoms with Crippen LogP contribution < -0.4 is 0 Å². The van der Waals surface area contributed by atoms with Crippen LogP contribution in [-0.4, -0.2) is 21.3 Å². The van der Waals surface area contributed by atoms with Gasteiger partial charge in [-0.3, -0.25) is 4.79 Å². The van der Waals surface area contributed by atoms with Crippen LogP contribution in [0, 0.1) is 12.8 Å². The van der Waals surface area contributed by atoms with E-state index in [0.29, 0.717) is 6.42 Å². The van der Waals surface area contributed by atoms with Crippen molar-refractivity contribution in [3.05, 3.63) is 23.3 Å². The molecule has 0 saturated heterocycles. The highest BCUT2D eigenvalue weighted by atomic mass is 16.4. The number of carbonyl (C=O) groups is 1. The van der Waals surface area contributed by atoms with Gasteiger partial charge in [0.1, 0.15) is 0 Å². The van der Waals surface area contributed by atoms with Crippen LogP contribution in [-0.2, 0) is 11.2 Å². The lowest BCUT2D eigenvalue weighted by molar-refractivity contribution is -0.141. The average Bonchev–Trinajstić information content (AvgIpc) is 2.13. The van der Waals surface area contributed by atoms with Gasteiger partial charge in [0.15, 0.2) is 11.5 Å². The minimum atomic E-state index is -0.873. The van der Waals surface area contributed by atoms with E-state index in [0.717, 1.165) is 11.1 Å². The van der Waals surface area contributed by atoms with Crippen LogP contribution in [0.4, 0.5) is 0 Å². The number of rotatable bonds is 3. The summed E-state index contributed by atoms with van der Waals surface area (Å²) in [6, 6.07) is 2.84. The summed E-state index contributed by atoms with van der Waals surface area (Å²) in [4.78, 5) is 10.7. The van der Waals surface area contributed by atoms with Gasteiger partial charge in [-0.2, -0.15) is 0 Å². The fraction of sp³-hybridized carbons (Fsp3) is 0.364. The first-order chi connectivity index (χ1) is 6.91. The van der Waals surface area contributed by atoms with Crippen LogP contribution in [0.5, 0.6) is 11.5 Å². The Morgan fingerprint density at radius 1 is 1.33 bits per heavy atom. The quantitative estimate of drug-likeness (QED) is 0.663. The molecule has 0 aromatic heterocycles. The molecule has 82 valence electrons. The number of carboxylic acids is 1. The van der Waals surface area contributed by atoms with Crippen molar-refractivity contribution in [3.8, 4) is 11.5 Å². The average molecular weight is 210 g/mol. The Morgan fingerprint density at radius 2 is 1.87 bits per heavy atom. The molecule has 1 aromatic carbocycles. The molecule has 0 spiro atoms. The Morgan fingerprint density at radius 3 is 2.40 bits per heavy atom. The number of aromatic hydroxyl groups is 2. The summed E-state index contributed by atoms with van der Waals surface area (Å²) < 4.78 is 0. The highest BCUT2D eigenvalue weighted by molar-refractivity contribution is 5.70. The van der Waals surface area contributed by atoms with Gasteiger partial charge in [0.2, 0.25) is 0 Å². The maximum atomic E-state index is 10.7. The normalized spacial score (nSPS) is 12.4. The Kier molecular flexibility index (Phi) is 3.19. The van der Waals surface area contributed by atoms with E-state index in [-0.39, 0.29) is 11.5 Å². The summed E-state index contributed by atoms with van der Waals surface area (Å²) in [5.74, 6) is -1.78. The number of aliphatic carboxylic acids is 1. The lowest BCUT2D eigenvalue weighted by Crippen LogP contribution is -2.12. The second kappa shape index (κ2) is 4.21. The molecule has 1 aromatic rings. The fourth-order valence-electron chi connectivity index (χ4n) is 1.36. The predicted molar refractivity (Wildman–Crippen MR) is 55.0 cm³/mol. The van der Waals surface area contributed by atoms with E-state index >= 15 is 0 Å². The Balaban J connectivity index is 2.95. The lowest BCUT2D eigenvalue weighted by Gasteiger charge is -2.10. The van der Waals surface area contributed by atoms with Gasteiger partial charge >= 0.3 is 5.97 Å². The molecule has 1 unspecified atom stereocenters. The molecule has 0 aliphatic heterocycles. The Labute approximate surface area is 87.8 Å². The van der Waals surface area contributed by atoms with Crippen LogP contribution in [0.2, 0.25) is 0 Å². The number of aryl methyl sites for hydroxylation is 1. The van der Waals surface area contributed by atoms with Crippen molar-refractivity contribution in [2.75, 3.05) is 0 Å². The number of benzene rings is 1. The number of hydrogen-bond acceptors (Lipinski definition) is 3. The highest BCUT2D eigenvalue weighted by Gasteiger charge is 2.14. The minimum absolute atomic E-state index is 0.181. The van der Waals surface area contributed by atoms with E-state index in [4.69, 9.17) is 5.11 Å². The van der Waals surface area contributed by atoms with Crippen molar-refractivity contribution in [2.45, 2.75) is 20.3 Å². The monoisotopic (exact) mass is 210 g/mol. The zero-order valence-electron chi connectivity index (χ0n) is 8.69. The molecular formula is C11H14O4. The minimum Gasteiger partial charge on any atom is -0.504 e. The van der Waals surface area contributed by atoms with Gasteiger partial charge in [-0.05, 0) is 36.6 Å². The van der Waals surface area contributed by atoms with Gasteiger partial charge in [0, 0.05) is 0 Å². The van der Waals surface area contributed by atoms with Gasteiger partial charge in [-0.25, -0.2) is 0 Å². The number of phenolic OH excluding ortho intramolecular Hbond substituents is 2. The summed E-state index contributed by atoms with van der Waals surface area (Å²) in [5.41, 5.74) is 1.51. The molecule has 4 nitrogen and oxygen atoms in total. The predicted octanol–water partition coefficient (Wildman–Crippen LogP) is 1.67. The van der Waals surface area contributed by atoms with Crippen LogP contribution in [0.25, 0.3) is 0 Å². The number of hydrogen-bond donors (Lipinski definition) is 3. The summed E-state index contributed by atoms with van der Waals surface area (Å²) in [5, 5.41) is 27.2. The van der Waals surface area contributed by atoms with Crippen LogP contribution >= 0.6 is 0 Å². The smallest absolute Gasteiger partial charge is 0.306 e. The summed E-state index contributed by atoms with van der Waals surface area (Å²) in [7, 11) is 0. The van der Waals surface area contributed by atoms with Crippen LogP contribution in [0.15, 0.2) is 12.1 Å². The van der Waals surface area contributed by atoms with Crippen molar-refractivity contribution in [2.24, 2.45) is 5.92 Å². The van der Waals surface area contributed by atoms with E-state index in [1.54, 1.807) is 13.8 Å². The zero-order valence-corrected chi connectivity index (χ0v) is 8.69. The third-order valence-corrected chi connectivity index (χ3v) is 2.38. The molecule has 0 fully saturated rings. The van der Waals surface area contributed by atoms with Gasteiger partial charge in [-0.1, -0.05) is 6.92 Å². The van der Waals surface area contributed by atoms with Crippen molar-refractivity contribution >= 4 is 5.97 Å². The number of carboxylic acid groups (broad SMARTS) is 1. The standard InChI is InChI=1S/C11H14O4/c1-6-4-9(12)10(13)5-8(6)3-7(2)11(14)15/h4-5,7,12-13H,3H2,1-2H3,(H,14,15). The van der Waals surface area contributed by atoms with E-state index in [2.05, 4.69) is 0 Å². The SMILES string of the molecule is Cc1cc(O)c(O)cc1CC(C)C(=O)O. The van der Waals surface area contributed by atoms with E-state index < -0.39 is 11.9 Å².